The largest absolute Gasteiger partial charge is 0.413 e. The maximum Gasteiger partial charge on any atom is 0.192 e. The molecule has 0 fully saturated rings. The first-order chi connectivity index (χ1) is 11.6. The number of hydrogen-bond acceptors (Lipinski definition) is 3. The normalized spacial score (nSPS) is 15.8. The van der Waals surface area contributed by atoms with Gasteiger partial charge in [0, 0.05) is 12.8 Å². The van der Waals surface area contributed by atoms with Crippen LogP contribution >= 0.6 is 0 Å². The molecule has 2 atom stereocenters. The zero-order valence-electron chi connectivity index (χ0n) is 18.8. The second-order valence-corrected chi connectivity index (χ2v) is 19.6. The van der Waals surface area contributed by atoms with Crippen LogP contribution in [0.2, 0.25) is 36.3 Å². The summed E-state index contributed by atoms with van der Waals surface area (Å²) < 4.78 is 13.2. The van der Waals surface area contributed by atoms with E-state index in [0.717, 1.165) is 6.42 Å². The van der Waals surface area contributed by atoms with Gasteiger partial charge in [-0.25, -0.2) is 0 Å². The Bertz CT molecular complexity index is 502. The summed E-state index contributed by atoms with van der Waals surface area (Å²) in [6.07, 6.45) is 3.22. The van der Waals surface area contributed by atoms with Crippen molar-refractivity contribution in [2.75, 3.05) is 6.61 Å². The molecule has 5 heteroatoms. The Morgan fingerprint density at radius 1 is 0.923 bits per heavy atom. The van der Waals surface area contributed by atoms with Gasteiger partial charge in [-0.1, -0.05) is 59.5 Å². The smallest absolute Gasteiger partial charge is 0.192 e. The monoisotopic (exact) mass is 398 g/mol. The Balaban J connectivity index is 5.34. The summed E-state index contributed by atoms with van der Waals surface area (Å²) in [6, 6.07) is 0. The quantitative estimate of drug-likeness (QED) is 0.322. The Kier molecular flexibility index (Phi) is 9.56. The highest BCUT2D eigenvalue weighted by Gasteiger charge is 2.41. The van der Waals surface area contributed by atoms with Gasteiger partial charge in [0.25, 0.3) is 0 Å². The van der Waals surface area contributed by atoms with Gasteiger partial charge >= 0.3 is 0 Å². The summed E-state index contributed by atoms with van der Waals surface area (Å²) >= 11 is 0. The Hall–Kier alpha value is -0.386. The lowest BCUT2D eigenvalue weighted by atomic mass is 10.1. The average Bonchev–Trinajstić information content (AvgIpc) is 2.43. The molecule has 0 aromatic carbocycles. The maximum absolute atomic E-state index is 8.97. The molecule has 0 unspecified atom stereocenters. The van der Waals surface area contributed by atoms with Crippen LogP contribution < -0.4 is 0 Å². The highest BCUT2D eigenvalue weighted by atomic mass is 28.4. The molecule has 26 heavy (non-hydrogen) atoms. The van der Waals surface area contributed by atoms with Crippen LogP contribution in [0.5, 0.6) is 0 Å². The van der Waals surface area contributed by atoms with Crippen LogP contribution in [-0.2, 0) is 8.85 Å². The molecule has 0 aliphatic heterocycles. The second kappa shape index (κ2) is 9.70. The average molecular weight is 399 g/mol. The minimum atomic E-state index is -1.91. The summed E-state index contributed by atoms with van der Waals surface area (Å²) in [4.78, 5) is 0. The van der Waals surface area contributed by atoms with Crippen LogP contribution in [0.4, 0.5) is 0 Å². The molecular formula is C21H42O3Si2. The van der Waals surface area contributed by atoms with E-state index in [1.807, 2.05) is 6.08 Å². The fraction of sp³-hybridized carbons (Fsp3) is 0.810. The zero-order valence-corrected chi connectivity index (χ0v) is 20.8. The van der Waals surface area contributed by atoms with Crippen molar-refractivity contribution in [3.63, 3.8) is 0 Å². The SMILES string of the molecule is C=C[C@H](C[C@@H](CC#CCO)O[Si](C)(C)C(C)(C)C)O[Si](C)(C)C(C)(C)C. The van der Waals surface area contributed by atoms with Crippen molar-refractivity contribution in [3.05, 3.63) is 12.7 Å². The van der Waals surface area contributed by atoms with Gasteiger partial charge in [-0.05, 0) is 36.3 Å². The summed E-state index contributed by atoms with van der Waals surface area (Å²) in [5, 5.41) is 9.26. The van der Waals surface area contributed by atoms with Crippen LogP contribution in [0.25, 0.3) is 0 Å². The molecule has 1 N–H and O–H groups in total. The van der Waals surface area contributed by atoms with Gasteiger partial charge in [0.1, 0.15) is 6.61 Å². The molecule has 0 heterocycles. The van der Waals surface area contributed by atoms with Gasteiger partial charge in [0.15, 0.2) is 16.6 Å². The van der Waals surface area contributed by atoms with E-state index in [9.17, 15) is 0 Å². The standard InChI is InChI=1S/C21H42O3Si2/c1-12-18(23-25(8,9)20(2,3)4)17-19(15-13-14-16-22)24-26(10,11)21(5,6)7/h12,18-19,22H,1,15-17H2,2-11H3/t18-,19-/m1/s1. The van der Waals surface area contributed by atoms with E-state index >= 15 is 0 Å². The molecule has 0 aliphatic rings. The second-order valence-electron chi connectivity index (χ2n) is 10.1. The molecule has 0 aliphatic carbocycles. The number of hydrogen-bond donors (Lipinski definition) is 1. The van der Waals surface area contributed by atoms with E-state index in [0.29, 0.717) is 6.42 Å². The van der Waals surface area contributed by atoms with Gasteiger partial charge in [0.2, 0.25) is 0 Å². The molecule has 0 radical (unpaired) electrons. The van der Waals surface area contributed by atoms with Crippen molar-refractivity contribution in [2.45, 2.75) is 103 Å². The summed E-state index contributed by atoms with van der Waals surface area (Å²) in [5.41, 5.74) is 0. The summed E-state index contributed by atoms with van der Waals surface area (Å²) in [7, 11) is -3.79. The highest BCUT2D eigenvalue weighted by Crippen LogP contribution is 2.40. The first-order valence-electron chi connectivity index (χ1n) is 9.62. The van der Waals surface area contributed by atoms with Crippen LogP contribution in [0, 0.1) is 11.8 Å². The van der Waals surface area contributed by atoms with Crippen LogP contribution in [-0.4, -0.2) is 40.6 Å². The highest BCUT2D eigenvalue weighted by molar-refractivity contribution is 6.74. The van der Waals surface area contributed by atoms with Gasteiger partial charge < -0.3 is 14.0 Å². The summed E-state index contributed by atoms with van der Waals surface area (Å²) in [6.45, 7) is 26.4. The topological polar surface area (TPSA) is 38.7 Å². The molecule has 0 spiro atoms. The lowest BCUT2D eigenvalue weighted by Crippen LogP contribution is -2.47. The van der Waals surface area contributed by atoms with Crippen molar-refractivity contribution >= 4 is 16.6 Å². The van der Waals surface area contributed by atoms with E-state index in [2.05, 4.69) is 86.2 Å². The van der Waals surface area contributed by atoms with Gasteiger partial charge in [-0.2, -0.15) is 0 Å². The molecule has 0 amide bonds. The van der Waals surface area contributed by atoms with Crippen molar-refractivity contribution in [1.82, 2.24) is 0 Å². The number of aliphatic hydroxyl groups excluding tert-OH is 1. The molecule has 0 saturated carbocycles. The van der Waals surface area contributed by atoms with Gasteiger partial charge in [0.05, 0.1) is 12.2 Å². The van der Waals surface area contributed by atoms with E-state index in [4.69, 9.17) is 14.0 Å². The Morgan fingerprint density at radius 2 is 1.38 bits per heavy atom. The lowest BCUT2D eigenvalue weighted by molar-refractivity contribution is 0.117. The van der Waals surface area contributed by atoms with Crippen LogP contribution in [0.15, 0.2) is 12.7 Å². The molecule has 0 rings (SSSR count). The molecule has 3 nitrogen and oxygen atoms in total. The van der Waals surface area contributed by atoms with Crippen molar-refractivity contribution in [2.24, 2.45) is 0 Å². The van der Waals surface area contributed by atoms with E-state index in [1.54, 1.807) is 0 Å². The van der Waals surface area contributed by atoms with Crippen molar-refractivity contribution < 1.29 is 14.0 Å². The minimum absolute atomic E-state index is 0.0114. The van der Waals surface area contributed by atoms with Gasteiger partial charge in [-0.15, -0.1) is 6.58 Å². The third-order valence-corrected chi connectivity index (χ3v) is 14.9. The third-order valence-electron chi connectivity index (χ3n) is 5.81. The minimum Gasteiger partial charge on any atom is -0.413 e. The fourth-order valence-corrected chi connectivity index (χ4v) is 4.68. The van der Waals surface area contributed by atoms with Crippen molar-refractivity contribution in [3.8, 4) is 11.8 Å². The van der Waals surface area contributed by atoms with Crippen LogP contribution in [0.1, 0.15) is 54.4 Å². The van der Waals surface area contributed by atoms with Crippen molar-refractivity contribution in [1.29, 1.82) is 0 Å². The first-order valence-corrected chi connectivity index (χ1v) is 15.4. The van der Waals surface area contributed by atoms with E-state index in [1.165, 1.54) is 0 Å². The molecular weight excluding hydrogens is 356 g/mol. The Labute approximate surface area is 164 Å². The molecule has 0 saturated heterocycles. The lowest BCUT2D eigenvalue weighted by Gasteiger charge is -2.41. The van der Waals surface area contributed by atoms with Crippen LogP contribution in [0.3, 0.4) is 0 Å². The Morgan fingerprint density at radius 3 is 1.77 bits per heavy atom. The maximum atomic E-state index is 8.97. The fourth-order valence-electron chi connectivity index (χ4n) is 2.02. The number of aliphatic hydroxyl groups is 1. The number of rotatable bonds is 8. The predicted octanol–water partition coefficient (Wildman–Crippen LogP) is 5.73. The molecule has 0 aromatic heterocycles. The molecule has 152 valence electrons. The molecule has 0 aromatic rings. The molecule has 0 bridgehead atoms. The van der Waals surface area contributed by atoms with E-state index < -0.39 is 16.6 Å². The third kappa shape index (κ3) is 8.10. The van der Waals surface area contributed by atoms with Gasteiger partial charge in [-0.3, -0.25) is 0 Å². The van der Waals surface area contributed by atoms with E-state index in [-0.39, 0.29) is 28.9 Å². The first kappa shape index (κ1) is 25.6. The zero-order chi connectivity index (χ0) is 20.8. The summed E-state index contributed by atoms with van der Waals surface area (Å²) in [5.74, 6) is 5.80. The predicted molar refractivity (Wildman–Crippen MR) is 118 cm³/mol.